The maximum atomic E-state index is 5.64. The van der Waals surface area contributed by atoms with Crippen LogP contribution in [0.5, 0.6) is 0 Å². The first-order chi connectivity index (χ1) is 15.1. The number of hydrogen-bond donors (Lipinski definition) is 0. The van der Waals surface area contributed by atoms with Crippen molar-refractivity contribution in [2.24, 2.45) is 0 Å². The molecule has 0 aliphatic heterocycles. The molecule has 1 heterocycles. The van der Waals surface area contributed by atoms with Crippen LogP contribution in [0.25, 0.3) is 0 Å². The van der Waals surface area contributed by atoms with Crippen molar-refractivity contribution in [1.82, 2.24) is 15.0 Å². The van der Waals surface area contributed by atoms with Crippen molar-refractivity contribution in [1.29, 1.82) is 0 Å². The van der Waals surface area contributed by atoms with E-state index in [1.807, 2.05) is 0 Å². The van der Waals surface area contributed by atoms with Crippen LogP contribution in [0.4, 0.5) is 17.8 Å². The molecular weight excluding hydrogens is 412 g/mol. The van der Waals surface area contributed by atoms with Crippen LogP contribution in [0.15, 0.2) is 12.8 Å². The maximum Gasteiger partial charge on any atom is 0.235 e. The summed E-state index contributed by atoms with van der Waals surface area (Å²) in [5.74, 6) is 1.02. The Kier molecular flexibility index (Phi) is 14.2. The molecular formula is C18H34N6O7. The second-order valence-electron chi connectivity index (χ2n) is 6.02. The summed E-state index contributed by atoms with van der Waals surface area (Å²) in [6, 6.07) is 0. The topological polar surface area (TPSA) is 113 Å². The van der Waals surface area contributed by atoms with Gasteiger partial charge in [-0.15, -0.1) is 0 Å². The summed E-state index contributed by atoms with van der Waals surface area (Å²) < 4.78 is 37.0. The summed E-state index contributed by atoms with van der Waals surface area (Å²) in [6.07, 6.45) is 1.36. The molecule has 13 nitrogen and oxygen atoms in total. The van der Waals surface area contributed by atoms with Crippen LogP contribution in [-0.2, 0) is 33.2 Å². The SMILES string of the molecule is C=COCCOCN(COC)c1nc(N(COC)COC)nc(N(COC)COC)n1. The van der Waals surface area contributed by atoms with E-state index in [2.05, 4.69) is 21.5 Å². The average Bonchev–Trinajstić information content (AvgIpc) is 2.77. The van der Waals surface area contributed by atoms with Crippen molar-refractivity contribution in [2.45, 2.75) is 0 Å². The van der Waals surface area contributed by atoms with Crippen molar-refractivity contribution in [2.75, 3.05) is 104 Å². The van der Waals surface area contributed by atoms with E-state index < -0.39 is 0 Å². The third kappa shape index (κ3) is 9.59. The first kappa shape index (κ1) is 26.7. The molecule has 0 spiro atoms. The largest absolute Gasteiger partial charge is 0.499 e. The van der Waals surface area contributed by atoms with E-state index in [0.717, 1.165) is 0 Å². The van der Waals surface area contributed by atoms with Crippen LogP contribution < -0.4 is 14.7 Å². The van der Waals surface area contributed by atoms with Crippen LogP contribution in [0.2, 0.25) is 0 Å². The van der Waals surface area contributed by atoms with Gasteiger partial charge >= 0.3 is 0 Å². The van der Waals surface area contributed by atoms with Gasteiger partial charge in [-0.3, -0.25) is 14.7 Å². The number of methoxy groups -OCH3 is 5. The number of aromatic nitrogens is 3. The molecule has 178 valence electrons. The zero-order valence-corrected chi connectivity index (χ0v) is 19.0. The van der Waals surface area contributed by atoms with E-state index in [4.69, 9.17) is 33.2 Å². The molecule has 0 bridgehead atoms. The lowest BCUT2D eigenvalue weighted by atomic mass is 10.6. The third-order valence-corrected chi connectivity index (χ3v) is 3.58. The van der Waals surface area contributed by atoms with Crippen LogP contribution in [0.1, 0.15) is 0 Å². The van der Waals surface area contributed by atoms with Crippen molar-refractivity contribution in [3.63, 3.8) is 0 Å². The van der Waals surface area contributed by atoms with Gasteiger partial charge in [-0.25, -0.2) is 0 Å². The minimum absolute atomic E-state index is 0.167. The van der Waals surface area contributed by atoms with Crippen LogP contribution >= 0.6 is 0 Å². The van der Waals surface area contributed by atoms with Gasteiger partial charge in [0.1, 0.15) is 47.0 Å². The van der Waals surface area contributed by atoms with Gasteiger partial charge in [0.05, 0.1) is 12.9 Å². The predicted octanol–water partition coefficient (Wildman–Crippen LogP) is 0.445. The zero-order chi connectivity index (χ0) is 22.9. The molecule has 0 aliphatic rings. The highest BCUT2D eigenvalue weighted by Gasteiger charge is 2.20. The number of hydrogen-bond acceptors (Lipinski definition) is 13. The summed E-state index contributed by atoms with van der Waals surface area (Å²) >= 11 is 0. The lowest BCUT2D eigenvalue weighted by Gasteiger charge is -2.27. The molecule has 0 N–H and O–H groups in total. The zero-order valence-electron chi connectivity index (χ0n) is 19.0. The molecule has 0 unspecified atom stereocenters. The third-order valence-electron chi connectivity index (χ3n) is 3.58. The normalized spacial score (nSPS) is 10.7. The molecule has 1 rings (SSSR count). The summed E-state index contributed by atoms with van der Waals surface area (Å²) in [7, 11) is 7.87. The Balaban J connectivity index is 3.26. The highest BCUT2D eigenvalue weighted by atomic mass is 16.5. The lowest BCUT2D eigenvalue weighted by molar-refractivity contribution is 0.0702. The Morgan fingerprint density at radius 3 is 1.29 bits per heavy atom. The molecule has 1 aromatic rings. The second kappa shape index (κ2) is 16.4. The standard InChI is InChI=1S/C18H34N6O7/c1-7-30-8-9-31-15-24(14-29-6)18-20-16(22(10-25-2)11-26-3)19-17(21-18)23(12-27-4)13-28-5/h7H,1,8-15H2,2-6H3. The Morgan fingerprint density at radius 2 is 0.968 bits per heavy atom. The highest BCUT2D eigenvalue weighted by molar-refractivity contribution is 5.45. The van der Waals surface area contributed by atoms with Gasteiger partial charge in [0.15, 0.2) is 0 Å². The smallest absolute Gasteiger partial charge is 0.235 e. The molecule has 0 saturated carbocycles. The molecule has 0 aromatic carbocycles. The van der Waals surface area contributed by atoms with E-state index in [9.17, 15) is 0 Å². The van der Waals surface area contributed by atoms with Gasteiger partial charge in [-0.2, -0.15) is 15.0 Å². The first-order valence-electron chi connectivity index (χ1n) is 9.40. The fourth-order valence-electron chi connectivity index (χ4n) is 2.37. The Morgan fingerprint density at radius 1 is 0.613 bits per heavy atom. The Hall–Kier alpha value is -2.29. The summed E-state index contributed by atoms with van der Waals surface area (Å²) in [5.41, 5.74) is 0. The minimum atomic E-state index is 0.167. The van der Waals surface area contributed by atoms with Gasteiger partial charge in [-0.05, 0) is 0 Å². The summed E-state index contributed by atoms with van der Waals surface area (Å²) in [4.78, 5) is 18.8. The molecule has 0 fully saturated rings. The number of ether oxygens (including phenoxy) is 7. The van der Waals surface area contributed by atoms with Crippen molar-refractivity contribution < 1.29 is 33.2 Å². The van der Waals surface area contributed by atoms with E-state index >= 15 is 0 Å². The molecule has 0 aliphatic carbocycles. The van der Waals surface area contributed by atoms with Gasteiger partial charge in [0, 0.05) is 35.5 Å². The molecule has 1 aromatic heterocycles. The maximum absolute atomic E-state index is 5.64. The van der Waals surface area contributed by atoms with Gasteiger partial charge in [0.25, 0.3) is 0 Å². The van der Waals surface area contributed by atoms with Crippen molar-refractivity contribution >= 4 is 17.8 Å². The average molecular weight is 447 g/mol. The molecule has 13 heteroatoms. The van der Waals surface area contributed by atoms with E-state index in [1.54, 1.807) is 50.2 Å². The van der Waals surface area contributed by atoms with Crippen molar-refractivity contribution in [3.05, 3.63) is 12.8 Å². The second-order valence-corrected chi connectivity index (χ2v) is 6.02. The monoisotopic (exact) mass is 446 g/mol. The first-order valence-corrected chi connectivity index (χ1v) is 9.40. The minimum Gasteiger partial charge on any atom is -0.499 e. The van der Waals surface area contributed by atoms with E-state index in [1.165, 1.54) is 6.26 Å². The fourth-order valence-corrected chi connectivity index (χ4v) is 2.37. The van der Waals surface area contributed by atoms with Gasteiger partial charge < -0.3 is 33.2 Å². The van der Waals surface area contributed by atoms with Crippen LogP contribution in [-0.4, -0.2) is 104 Å². The van der Waals surface area contributed by atoms with E-state index in [-0.39, 0.29) is 40.4 Å². The fraction of sp³-hybridized carbons (Fsp3) is 0.722. The quantitative estimate of drug-likeness (QED) is 0.167. The Bertz CT molecular complexity index is 567. The van der Waals surface area contributed by atoms with Gasteiger partial charge in [0.2, 0.25) is 17.8 Å². The lowest BCUT2D eigenvalue weighted by Crippen LogP contribution is -2.36. The van der Waals surface area contributed by atoms with Crippen LogP contribution in [0.3, 0.4) is 0 Å². The summed E-state index contributed by atoms with van der Waals surface area (Å²) in [5, 5.41) is 0. The highest BCUT2D eigenvalue weighted by Crippen LogP contribution is 2.19. The van der Waals surface area contributed by atoms with E-state index in [0.29, 0.717) is 31.1 Å². The number of nitrogens with zero attached hydrogens (tertiary/aromatic N) is 6. The van der Waals surface area contributed by atoms with Crippen molar-refractivity contribution in [3.8, 4) is 0 Å². The molecule has 0 amide bonds. The summed E-state index contributed by atoms with van der Waals surface area (Å²) in [6.45, 7) is 5.44. The predicted molar refractivity (Wildman–Crippen MR) is 114 cm³/mol. The van der Waals surface area contributed by atoms with Gasteiger partial charge in [-0.1, -0.05) is 6.58 Å². The number of rotatable bonds is 19. The molecule has 31 heavy (non-hydrogen) atoms. The number of anilines is 3. The molecule has 0 radical (unpaired) electrons. The molecule has 0 saturated heterocycles. The molecule has 0 atom stereocenters. The van der Waals surface area contributed by atoms with Crippen LogP contribution in [0, 0.1) is 0 Å². The Labute approximate surface area is 183 Å².